The minimum atomic E-state index is 0.232. The normalized spacial score (nSPS) is 10.9. The number of phenols is 1. The summed E-state index contributed by atoms with van der Waals surface area (Å²) in [7, 11) is 0. The van der Waals surface area contributed by atoms with Crippen molar-refractivity contribution in [1.82, 2.24) is 9.97 Å². The first-order valence-corrected chi connectivity index (χ1v) is 5.55. The van der Waals surface area contributed by atoms with Crippen LogP contribution in [0.3, 0.4) is 0 Å². The summed E-state index contributed by atoms with van der Waals surface area (Å²) in [5.41, 5.74) is 3.11. The Morgan fingerprint density at radius 2 is 2.00 bits per heavy atom. The molecule has 0 bridgehead atoms. The van der Waals surface area contributed by atoms with Crippen LogP contribution < -0.4 is 0 Å². The number of para-hydroxylation sites is 1. The molecule has 3 nitrogen and oxygen atoms in total. The van der Waals surface area contributed by atoms with Crippen molar-refractivity contribution in [3.8, 4) is 17.0 Å². The van der Waals surface area contributed by atoms with Crippen LogP contribution in [0.1, 0.15) is 0 Å². The molecule has 0 spiro atoms. The average Bonchev–Trinajstić information content (AvgIpc) is 2.75. The fourth-order valence-corrected chi connectivity index (χ4v) is 2.04. The maximum Gasteiger partial charge on any atom is 0.124 e. The lowest BCUT2D eigenvalue weighted by molar-refractivity contribution is 0.477. The van der Waals surface area contributed by atoms with Crippen molar-refractivity contribution in [3.63, 3.8) is 0 Å². The largest absolute Gasteiger partial charge is 0.507 e. The summed E-state index contributed by atoms with van der Waals surface area (Å²) in [4.78, 5) is 7.39. The number of hydrogen-bond donors (Lipinski definition) is 2. The topological polar surface area (TPSA) is 48.9 Å². The molecule has 0 saturated carbocycles. The van der Waals surface area contributed by atoms with Crippen LogP contribution >= 0.6 is 11.6 Å². The zero-order chi connectivity index (χ0) is 11.8. The van der Waals surface area contributed by atoms with E-state index >= 15 is 0 Å². The van der Waals surface area contributed by atoms with E-state index in [0.717, 1.165) is 22.3 Å². The fourth-order valence-electron chi connectivity index (χ4n) is 1.84. The predicted molar refractivity (Wildman–Crippen MR) is 68.2 cm³/mol. The molecule has 2 aromatic heterocycles. The van der Waals surface area contributed by atoms with Crippen molar-refractivity contribution in [2.75, 3.05) is 0 Å². The van der Waals surface area contributed by atoms with Crippen molar-refractivity contribution in [2.24, 2.45) is 0 Å². The highest BCUT2D eigenvalue weighted by molar-refractivity contribution is 6.35. The van der Waals surface area contributed by atoms with E-state index in [1.807, 2.05) is 18.2 Å². The van der Waals surface area contributed by atoms with Crippen LogP contribution in [0, 0.1) is 0 Å². The number of halogens is 1. The maximum atomic E-state index is 9.79. The Hall–Kier alpha value is -2.00. The Labute approximate surface area is 103 Å². The van der Waals surface area contributed by atoms with Crippen LogP contribution in [0.5, 0.6) is 5.75 Å². The number of benzene rings is 1. The highest BCUT2D eigenvalue weighted by Crippen LogP contribution is 2.31. The molecule has 0 radical (unpaired) electrons. The minimum Gasteiger partial charge on any atom is -0.507 e. The zero-order valence-electron chi connectivity index (χ0n) is 8.81. The quantitative estimate of drug-likeness (QED) is 0.687. The number of nitrogens with zero attached hydrogens (tertiary/aromatic N) is 1. The molecule has 3 aromatic rings. The van der Waals surface area contributed by atoms with E-state index < -0.39 is 0 Å². The molecule has 0 saturated heterocycles. The SMILES string of the molecule is Oc1ccccc1-c1cc2nccc(Cl)c2[nH]1. The van der Waals surface area contributed by atoms with Crippen molar-refractivity contribution < 1.29 is 5.11 Å². The van der Waals surface area contributed by atoms with Crippen molar-refractivity contribution in [3.05, 3.63) is 47.6 Å². The summed E-state index contributed by atoms with van der Waals surface area (Å²) in [5, 5.41) is 10.4. The van der Waals surface area contributed by atoms with E-state index in [1.54, 1.807) is 24.4 Å². The highest BCUT2D eigenvalue weighted by atomic mass is 35.5. The van der Waals surface area contributed by atoms with Gasteiger partial charge >= 0.3 is 0 Å². The van der Waals surface area contributed by atoms with Crippen LogP contribution in [0.15, 0.2) is 42.6 Å². The second-order valence-corrected chi connectivity index (χ2v) is 4.16. The molecule has 84 valence electrons. The number of phenolic OH excluding ortho intramolecular Hbond substituents is 1. The van der Waals surface area contributed by atoms with Crippen LogP contribution in [0.2, 0.25) is 5.02 Å². The van der Waals surface area contributed by atoms with Crippen molar-refractivity contribution >= 4 is 22.6 Å². The Morgan fingerprint density at radius 1 is 1.18 bits per heavy atom. The second-order valence-electron chi connectivity index (χ2n) is 3.75. The van der Waals surface area contributed by atoms with E-state index in [9.17, 15) is 5.11 Å². The van der Waals surface area contributed by atoms with Gasteiger partial charge in [-0.05, 0) is 24.3 Å². The van der Waals surface area contributed by atoms with E-state index in [2.05, 4.69) is 9.97 Å². The van der Waals surface area contributed by atoms with Gasteiger partial charge in [-0.2, -0.15) is 0 Å². The predicted octanol–water partition coefficient (Wildman–Crippen LogP) is 3.59. The lowest BCUT2D eigenvalue weighted by atomic mass is 10.1. The zero-order valence-corrected chi connectivity index (χ0v) is 9.57. The third kappa shape index (κ3) is 1.65. The molecule has 2 heterocycles. The lowest BCUT2D eigenvalue weighted by Crippen LogP contribution is -1.77. The lowest BCUT2D eigenvalue weighted by Gasteiger charge is -2.00. The fraction of sp³-hybridized carbons (Fsp3) is 0. The maximum absolute atomic E-state index is 9.79. The van der Waals surface area contributed by atoms with Crippen LogP contribution in [0.4, 0.5) is 0 Å². The molecule has 17 heavy (non-hydrogen) atoms. The van der Waals surface area contributed by atoms with Gasteiger partial charge in [0.1, 0.15) is 5.75 Å². The molecule has 0 atom stereocenters. The molecular formula is C13H9ClN2O. The van der Waals surface area contributed by atoms with Gasteiger partial charge in [0.2, 0.25) is 0 Å². The monoisotopic (exact) mass is 244 g/mol. The first-order chi connectivity index (χ1) is 8.25. The number of H-pyrrole nitrogens is 1. The van der Waals surface area contributed by atoms with Gasteiger partial charge in [0.25, 0.3) is 0 Å². The van der Waals surface area contributed by atoms with Gasteiger partial charge in [0, 0.05) is 11.8 Å². The number of rotatable bonds is 1. The van der Waals surface area contributed by atoms with Gasteiger partial charge in [-0.25, -0.2) is 0 Å². The van der Waals surface area contributed by atoms with Gasteiger partial charge in [-0.3, -0.25) is 4.98 Å². The molecule has 0 unspecified atom stereocenters. The summed E-state index contributed by atoms with van der Waals surface area (Å²) >= 11 is 6.06. The minimum absolute atomic E-state index is 0.232. The van der Waals surface area contributed by atoms with E-state index in [1.165, 1.54) is 0 Å². The summed E-state index contributed by atoms with van der Waals surface area (Å²) in [6.07, 6.45) is 1.66. The molecule has 0 amide bonds. The Morgan fingerprint density at radius 3 is 2.76 bits per heavy atom. The number of aromatic hydroxyl groups is 1. The summed E-state index contributed by atoms with van der Waals surface area (Å²) in [6, 6.07) is 10.7. The van der Waals surface area contributed by atoms with E-state index in [4.69, 9.17) is 11.6 Å². The van der Waals surface area contributed by atoms with Gasteiger partial charge in [0.05, 0.1) is 21.7 Å². The smallest absolute Gasteiger partial charge is 0.124 e. The molecule has 0 aliphatic carbocycles. The van der Waals surface area contributed by atoms with Gasteiger partial charge in [-0.15, -0.1) is 0 Å². The van der Waals surface area contributed by atoms with Crippen LogP contribution in [-0.4, -0.2) is 15.1 Å². The van der Waals surface area contributed by atoms with Gasteiger partial charge < -0.3 is 10.1 Å². The molecule has 0 aliphatic rings. The number of pyridine rings is 1. The molecule has 0 aliphatic heterocycles. The number of aromatic nitrogens is 2. The molecule has 2 N–H and O–H groups in total. The average molecular weight is 245 g/mol. The third-order valence-electron chi connectivity index (χ3n) is 2.66. The van der Waals surface area contributed by atoms with Gasteiger partial charge in [0.15, 0.2) is 0 Å². The van der Waals surface area contributed by atoms with E-state index in [-0.39, 0.29) is 5.75 Å². The molecule has 1 aromatic carbocycles. The summed E-state index contributed by atoms with van der Waals surface area (Å²) in [6.45, 7) is 0. The molecule has 4 heteroatoms. The first kappa shape index (κ1) is 10.2. The standard InChI is InChI=1S/C13H9ClN2O/c14-9-5-6-15-11-7-10(16-13(9)11)8-3-1-2-4-12(8)17/h1-7,16-17H. The van der Waals surface area contributed by atoms with Gasteiger partial charge in [-0.1, -0.05) is 23.7 Å². The third-order valence-corrected chi connectivity index (χ3v) is 2.98. The molecule has 0 fully saturated rings. The summed E-state index contributed by atoms with van der Waals surface area (Å²) in [5.74, 6) is 0.232. The van der Waals surface area contributed by atoms with Crippen molar-refractivity contribution in [2.45, 2.75) is 0 Å². The highest BCUT2D eigenvalue weighted by Gasteiger charge is 2.09. The number of hydrogen-bond acceptors (Lipinski definition) is 2. The Bertz CT molecular complexity index is 691. The first-order valence-electron chi connectivity index (χ1n) is 5.17. The van der Waals surface area contributed by atoms with Crippen molar-refractivity contribution in [1.29, 1.82) is 0 Å². The summed E-state index contributed by atoms with van der Waals surface area (Å²) < 4.78 is 0. The number of aromatic amines is 1. The van der Waals surface area contributed by atoms with Crippen LogP contribution in [-0.2, 0) is 0 Å². The van der Waals surface area contributed by atoms with Crippen LogP contribution in [0.25, 0.3) is 22.3 Å². The molecule has 3 rings (SSSR count). The molecular weight excluding hydrogens is 236 g/mol. The number of fused-ring (bicyclic) bond motifs is 1. The Kier molecular flexibility index (Phi) is 2.27. The second kappa shape index (κ2) is 3.79. The Balaban J connectivity index is 2.26. The number of nitrogens with one attached hydrogen (secondary N) is 1. The van der Waals surface area contributed by atoms with E-state index in [0.29, 0.717) is 5.02 Å².